The topological polar surface area (TPSA) is 57.1 Å². The molecule has 1 unspecified atom stereocenters. The molecule has 5 nitrogen and oxygen atoms in total. The number of likely N-dealkylation sites (tertiary alicyclic amines) is 1. The van der Waals surface area contributed by atoms with Crippen molar-refractivity contribution in [3.63, 3.8) is 0 Å². The second kappa shape index (κ2) is 9.15. The van der Waals surface area contributed by atoms with Gasteiger partial charge in [0.05, 0.1) is 18.8 Å². The second-order valence-corrected chi connectivity index (χ2v) is 6.16. The SMILES string of the molecule is CCNC(=NCC1(O)CCCC1)N1CCC(COC)C1.I. The van der Waals surface area contributed by atoms with Crippen LogP contribution in [0, 0.1) is 5.92 Å². The highest BCUT2D eigenvalue weighted by Gasteiger charge is 2.31. The predicted octanol–water partition coefficient (Wildman–Crippen LogP) is 1.84. The van der Waals surface area contributed by atoms with E-state index in [9.17, 15) is 5.11 Å². The van der Waals surface area contributed by atoms with Crippen LogP contribution in [-0.2, 0) is 4.74 Å². The summed E-state index contributed by atoms with van der Waals surface area (Å²) >= 11 is 0. The molecule has 2 fully saturated rings. The number of hydrogen-bond donors (Lipinski definition) is 2. The van der Waals surface area contributed by atoms with Crippen molar-refractivity contribution < 1.29 is 9.84 Å². The highest BCUT2D eigenvalue weighted by atomic mass is 127. The van der Waals surface area contributed by atoms with Crippen LogP contribution in [0.25, 0.3) is 0 Å². The summed E-state index contributed by atoms with van der Waals surface area (Å²) in [5.74, 6) is 1.55. The number of hydrogen-bond acceptors (Lipinski definition) is 3. The van der Waals surface area contributed by atoms with Gasteiger partial charge in [-0.05, 0) is 26.2 Å². The Hall–Kier alpha value is -0.0800. The molecule has 0 radical (unpaired) electrons. The average Bonchev–Trinajstić information content (AvgIpc) is 3.05. The summed E-state index contributed by atoms with van der Waals surface area (Å²) in [5, 5.41) is 13.8. The molecule has 2 N–H and O–H groups in total. The number of aliphatic imine (C=N–C) groups is 1. The molecule has 0 aromatic rings. The number of ether oxygens (including phenoxy) is 1. The quantitative estimate of drug-likeness (QED) is 0.412. The number of methoxy groups -OCH3 is 1. The molecule has 1 aliphatic carbocycles. The molecule has 124 valence electrons. The Kier molecular flexibility index (Phi) is 8.26. The lowest BCUT2D eigenvalue weighted by Gasteiger charge is -2.24. The van der Waals surface area contributed by atoms with Crippen LogP contribution in [0.1, 0.15) is 39.0 Å². The van der Waals surface area contributed by atoms with Crippen LogP contribution in [0.5, 0.6) is 0 Å². The number of halogens is 1. The Bertz CT molecular complexity index is 333. The van der Waals surface area contributed by atoms with Gasteiger partial charge in [0.25, 0.3) is 0 Å². The van der Waals surface area contributed by atoms with Crippen LogP contribution < -0.4 is 5.32 Å². The van der Waals surface area contributed by atoms with Crippen molar-refractivity contribution in [1.82, 2.24) is 10.2 Å². The van der Waals surface area contributed by atoms with Crippen LogP contribution >= 0.6 is 24.0 Å². The minimum atomic E-state index is -0.563. The summed E-state index contributed by atoms with van der Waals surface area (Å²) < 4.78 is 5.24. The molecule has 0 spiro atoms. The summed E-state index contributed by atoms with van der Waals surface area (Å²) in [6.45, 7) is 6.32. The van der Waals surface area contributed by atoms with E-state index in [2.05, 4.69) is 22.1 Å². The molecule has 2 rings (SSSR count). The summed E-state index contributed by atoms with van der Waals surface area (Å²) in [5.41, 5.74) is -0.563. The van der Waals surface area contributed by atoms with Crippen molar-refractivity contribution in [3.8, 4) is 0 Å². The van der Waals surface area contributed by atoms with E-state index in [0.717, 1.165) is 64.3 Å². The first-order valence-corrected chi connectivity index (χ1v) is 7.91. The molecule has 21 heavy (non-hydrogen) atoms. The molecule has 1 atom stereocenters. The summed E-state index contributed by atoms with van der Waals surface area (Å²) in [4.78, 5) is 6.98. The van der Waals surface area contributed by atoms with Crippen molar-refractivity contribution in [2.75, 3.05) is 39.9 Å². The van der Waals surface area contributed by atoms with Gasteiger partial charge in [-0.25, -0.2) is 0 Å². The van der Waals surface area contributed by atoms with E-state index < -0.39 is 5.60 Å². The van der Waals surface area contributed by atoms with E-state index in [4.69, 9.17) is 4.74 Å². The number of rotatable bonds is 5. The maximum Gasteiger partial charge on any atom is 0.194 e. The first-order chi connectivity index (χ1) is 9.67. The van der Waals surface area contributed by atoms with Crippen LogP contribution in [0.15, 0.2) is 4.99 Å². The van der Waals surface area contributed by atoms with Crippen molar-refractivity contribution in [3.05, 3.63) is 0 Å². The highest BCUT2D eigenvalue weighted by molar-refractivity contribution is 14.0. The van der Waals surface area contributed by atoms with Gasteiger partial charge >= 0.3 is 0 Å². The Balaban J connectivity index is 0.00000220. The summed E-state index contributed by atoms with van der Waals surface area (Å²) in [6, 6.07) is 0. The van der Waals surface area contributed by atoms with Gasteiger partial charge in [0.15, 0.2) is 5.96 Å². The van der Waals surface area contributed by atoms with Crippen molar-refractivity contribution in [1.29, 1.82) is 0 Å². The van der Waals surface area contributed by atoms with Crippen LogP contribution in [0.4, 0.5) is 0 Å². The molecule has 1 aliphatic heterocycles. The molecular weight excluding hydrogens is 381 g/mol. The maximum absolute atomic E-state index is 10.4. The minimum absolute atomic E-state index is 0. The third-order valence-electron chi connectivity index (χ3n) is 4.38. The lowest BCUT2D eigenvalue weighted by molar-refractivity contribution is 0.0572. The van der Waals surface area contributed by atoms with Gasteiger partial charge in [-0.1, -0.05) is 12.8 Å². The number of guanidine groups is 1. The van der Waals surface area contributed by atoms with Gasteiger partial charge in [0.2, 0.25) is 0 Å². The summed E-state index contributed by atoms with van der Waals surface area (Å²) in [7, 11) is 1.76. The zero-order chi connectivity index (χ0) is 14.4. The van der Waals surface area contributed by atoms with Crippen LogP contribution in [0.2, 0.25) is 0 Å². The van der Waals surface area contributed by atoms with Gasteiger partial charge in [0, 0.05) is 32.7 Å². The number of aliphatic hydroxyl groups is 1. The van der Waals surface area contributed by atoms with E-state index in [0.29, 0.717) is 12.5 Å². The fourth-order valence-electron chi connectivity index (χ4n) is 3.24. The van der Waals surface area contributed by atoms with Gasteiger partial charge in [0.1, 0.15) is 0 Å². The second-order valence-electron chi connectivity index (χ2n) is 6.16. The fraction of sp³-hybridized carbons (Fsp3) is 0.933. The molecule has 0 aromatic carbocycles. The average molecular weight is 411 g/mol. The number of nitrogens with one attached hydrogen (secondary N) is 1. The Morgan fingerprint density at radius 1 is 1.43 bits per heavy atom. The van der Waals surface area contributed by atoms with E-state index in [-0.39, 0.29) is 24.0 Å². The molecule has 1 saturated heterocycles. The zero-order valence-electron chi connectivity index (χ0n) is 13.3. The Morgan fingerprint density at radius 2 is 2.14 bits per heavy atom. The molecule has 0 aromatic heterocycles. The summed E-state index contributed by atoms with van der Waals surface area (Å²) in [6.07, 6.45) is 5.19. The third kappa shape index (κ3) is 5.56. The molecular formula is C15H30IN3O2. The molecule has 0 bridgehead atoms. The molecule has 0 amide bonds. The lowest BCUT2D eigenvalue weighted by atomic mass is 10.0. The largest absolute Gasteiger partial charge is 0.388 e. The van der Waals surface area contributed by atoms with Crippen molar-refractivity contribution >= 4 is 29.9 Å². The third-order valence-corrected chi connectivity index (χ3v) is 4.38. The molecule has 1 heterocycles. The van der Waals surface area contributed by atoms with Crippen LogP contribution in [0.3, 0.4) is 0 Å². The van der Waals surface area contributed by atoms with Crippen molar-refractivity contribution in [2.45, 2.75) is 44.6 Å². The molecule has 6 heteroatoms. The fourth-order valence-corrected chi connectivity index (χ4v) is 3.24. The number of nitrogens with zero attached hydrogens (tertiary/aromatic N) is 2. The Morgan fingerprint density at radius 3 is 2.76 bits per heavy atom. The molecule has 1 saturated carbocycles. The van der Waals surface area contributed by atoms with Gasteiger partial charge in [-0.2, -0.15) is 0 Å². The van der Waals surface area contributed by atoms with Crippen LogP contribution in [-0.4, -0.2) is 61.5 Å². The molecule has 2 aliphatic rings. The highest BCUT2D eigenvalue weighted by Crippen LogP contribution is 2.29. The smallest absolute Gasteiger partial charge is 0.194 e. The Labute approximate surface area is 145 Å². The van der Waals surface area contributed by atoms with Gasteiger partial charge < -0.3 is 20.1 Å². The monoisotopic (exact) mass is 411 g/mol. The maximum atomic E-state index is 10.4. The van der Waals surface area contributed by atoms with Crippen molar-refractivity contribution in [2.24, 2.45) is 10.9 Å². The van der Waals surface area contributed by atoms with Gasteiger partial charge in [-0.15, -0.1) is 24.0 Å². The van der Waals surface area contributed by atoms with E-state index in [1.165, 1.54) is 0 Å². The van der Waals surface area contributed by atoms with E-state index >= 15 is 0 Å². The minimum Gasteiger partial charge on any atom is -0.388 e. The standard InChI is InChI=1S/C15H29N3O2.HI/c1-3-16-14(17-12-15(19)7-4-5-8-15)18-9-6-13(10-18)11-20-2;/h13,19H,3-12H2,1-2H3,(H,16,17);1H. The predicted molar refractivity (Wildman–Crippen MR) is 96.4 cm³/mol. The van der Waals surface area contributed by atoms with Gasteiger partial charge in [-0.3, -0.25) is 4.99 Å². The first-order valence-electron chi connectivity index (χ1n) is 7.91. The van der Waals surface area contributed by atoms with E-state index in [1.54, 1.807) is 7.11 Å². The lowest BCUT2D eigenvalue weighted by Crippen LogP contribution is -2.41. The normalized spacial score (nSPS) is 25.0. The first kappa shape index (κ1) is 19.0. The van der Waals surface area contributed by atoms with E-state index in [1.807, 2.05) is 0 Å². The zero-order valence-corrected chi connectivity index (χ0v) is 15.6.